The number of hydrogen-bond donors (Lipinski definition) is 0. The van der Waals surface area contributed by atoms with E-state index in [-0.39, 0.29) is 5.41 Å². The zero-order chi connectivity index (χ0) is 13.9. The van der Waals surface area contributed by atoms with Crippen molar-refractivity contribution in [3.8, 4) is 0 Å². The first-order valence-corrected chi connectivity index (χ1v) is 6.69. The number of methoxy groups -OCH3 is 1. The number of ether oxygens (including phenoxy) is 1. The van der Waals surface area contributed by atoms with Gasteiger partial charge in [0.05, 0.1) is 6.61 Å². The number of rotatable bonds is 4. The zero-order valence-electron chi connectivity index (χ0n) is 12.2. The summed E-state index contributed by atoms with van der Waals surface area (Å²) in [6.45, 7) is 7.33. The van der Waals surface area contributed by atoms with Gasteiger partial charge in [0.25, 0.3) is 0 Å². The molecule has 0 aliphatic heterocycles. The van der Waals surface area contributed by atoms with E-state index >= 15 is 0 Å². The Morgan fingerprint density at radius 1 is 0.842 bits per heavy atom. The van der Waals surface area contributed by atoms with Gasteiger partial charge in [-0.2, -0.15) is 0 Å². The Labute approximate surface area is 116 Å². The van der Waals surface area contributed by atoms with Crippen LogP contribution in [0.2, 0.25) is 0 Å². The third kappa shape index (κ3) is 3.05. The second-order valence-corrected chi connectivity index (χ2v) is 5.62. The molecule has 19 heavy (non-hydrogen) atoms. The molecule has 1 nitrogen and oxygen atoms in total. The summed E-state index contributed by atoms with van der Waals surface area (Å²) in [6.07, 6.45) is 0. The van der Waals surface area contributed by atoms with E-state index in [1.54, 1.807) is 7.11 Å². The number of benzene rings is 2. The molecular formula is C18H22O. The molecule has 0 aliphatic rings. The molecule has 0 atom stereocenters. The minimum absolute atomic E-state index is 0.0271. The fourth-order valence-corrected chi connectivity index (χ4v) is 2.32. The van der Waals surface area contributed by atoms with Gasteiger partial charge in [-0.1, -0.05) is 67.9 Å². The first-order valence-electron chi connectivity index (χ1n) is 6.69. The maximum Gasteiger partial charge on any atom is 0.0713 e. The van der Waals surface area contributed by atoms with Gasteiger partial charge in [-0.25, -0.2) is 0 Å². The summed E-state index contributed by atoms with van der Waals surface area (Å²) in [7, 11) is 1.73. The van der Waals surface area contributed by atoms with E-state index in [1.807, 2.05) is 0 Å². The lowest BCUT2D eigenvalue weighted by molar-refractivity contribution is 0.185. The maximum absolute atomic E-state index is 5.15. The van der Waals surface area contributed by atoms with Crippen LogP contribution in [0.1, 0.15) is 36.1 Å². The molecule has 100 valence electrons. The molecule has 0 saturated carbocycles. The molecule has 0 amide bonds. The molecule has 0 aromatic heterocycles. The highest BCUT2D eigenvalue weighted by Gasteiger charge is 2.22. The van der Waals surface area contributed by atoms with Crippen LogP contribution in [0.4, 0.5) is 0 Å². The van der Waals surface area contributed by atoms with Crippen LogP contribution in [-0.4, -0.2) is 7.11 Å². The van der Waals surface area contributed by atoms with Gasteiger partial charge in [-0.15, -0.1) is 0 Å². The molecule has 0 bridgehead atoms. The molecule has 2 aromatic carbocycles. The third-order valence-electron chi connectivity index (χ3n) is 3.76. The summed E-state index contributed by atoms with van der Waals surface area (Å²) in [5, 5.41) is 0. The van der Waals surface area contributed by atoms with E-state index in [1.165, 1.54) is 22.3 Å². The lowest BCUT2D eigenvalue weighted by Gasteiger charge is -2.26. The van der Waals surface area contributed by atoms with Crippen molar-refractivity contribution < 1.29 is 4.74 Å². The van der Waals surface area contributed by atoms with Crippen LogP contribution < -0.4 is 0 Å². The van der Waals surface area contributed by atoms with Crippen LogP contribution >= 0.6 is 0 Å². The highest BCUT2D eigenvalue weighted by molar-refractivity contribution is 5.39. The van der Waals surface area contributed by atoms with Gasteiger partial charge in [0.15, 0.2) is 0 Å². The van der Waals surface area contributed by atoms with Crippen molar-refractivity contribution in [2.45, 2.75) is 32.8 Å². The minimum Gasteiger partial charge on any atom is -0.380 e. The van der Waals surface area contributed by atoms with Crippen molar-refractivity contribution in [1.29, 1.82) is 0 Å². The van der Waals surface area contributed by atoms with Gasteiger partial charge in [-0.3, -0.25) is 0 Å². The van der Waals surface area contributed by atoms with Gasteiger partial charge in [0.1, 0.15) is 0 Å². The molecule has 0 N–H and O–H groups in total. The first kappa shape index (κ1) is 13.8. The zero-order valence-corrected chi connectivity index (χ0v) is 12.2. The van der Waals surface area contributed by atoms with E-state index in [2.05, 4.69) is 69.3 Å². The summed E-state index contributed by atoms with van der Waals surface area (Å²) in [5.74, 6) is 0. The maximum atomic E-state index is 5.15. The highest BCUT2D eigenvalue weighted by Crippen LogP contribution is 2.31. The molecule has 0 radical (unpaired) electrons. The van der Waals surface area contributed by atoms with Gasteiger partial charge in [-0.05, 0) is 23.6 Å². The standard InChI is InChI=1S/C18H22O/c1-14-5-9-16(10-6-14)18(2,3)17-11-7-15(8-12-17)13-19-4/h5-12H,13H2,1-4H3. The van der Waals surface area contributed by atoms with Gasteiger partial charge in [0.2, 0.25) is 0 Å². The summed E-state index contributed by atoms with van der Waals surface area (Å²) in [4.78, 5) is 0. The Morgan fingerprint density at radius 2 is 1.32 bits per heavy atom. The van der Waals surface area contributed by atoms with E-state index < -0.39 is 0 Å². The van der Waals surface area contributed by atoms with Gasteiger partial charge < -0.3 is 4.74 Å². The van der Waals surface area contributed by atoms with Gasteiger partial charge >= 0.3 is 0 Å². The Kier molecular flexibility index (Phi) is 4.06. The number of hydrogen-bond acceptors (Lipinski definition) is 1. The molecule has 1 heteroatoms. The van der Waals surface area contributed by atoms with Crippen molar-refractivity contribution in [3.05, 3.63) is 70.8 Å². The molecule has 0 unspecified atom stereocenters. The Hall–Kier alpha value is -1.60. The van der Waals surface area contributed by atoms with Crippen LogP contribution in [0.25, 0.3) is 0 Å². The molecule has 0 saturated heterocycles. The summed E-state index contributed by atoms with van der Waals surface area (Å²) < 4.78 is 5.15. The van der Waals surface area contributed by atoms with Crippen molar-refractivity contribution in [2.75, 3.05) is 7.11 Å². The van der Waals surface area contributed by atoms with Gasteiger partial charge in [0, 0.05) is 12.5 Å². The summed E-state index contributed by atoms with van der Waals surface area (Å²) in [5.41, 5.74) is 5.22. The fourth-order valence-electron chi connectivity index (χ4n) is 2.32. The lowest BCUT2D eigenvalue weighted by Crippen LogP contribution is -2.18. The average Bonchev–Trinajstić information content (AvgIpc) is 2.40. The van der Waals surface area contributed by atoms with E-state index in [0.717, 1.165) is 0 Å². The van der Waals surface area contributed by atoms with E-state index in [9.17, 15) is 0 Å². The van der Waals surface area contributed by atoms with Crippen LogP contribution in [0.15, 0.2) is 48.5 Å². The fraction of sp³-hybridized carbons (Fsp3) is 0.333. The quantitative estimate of drug-likeness (QED) is 0.782. The second kappa shape index (κ2) is 5.58. The monoisotopic (exact) mass is 254 g/mol. The number of aryl methyl sites for hydroxylation is 1. The van der Waals surface area contributed by atoms with E-state index in [0.29, 0.717) is 6.61 Å². The third-order valence-corrected chi connectivity index (χ3v) is 3.76. The molecule has 0 aliphatic carbocycles. The topological polar surface area (TPSA) is 9.23 Å². The highest BCUT2D eigenvalue weighted by atomic mass is 16.5. The normalized spacial score (nSPS) is 11.6. The van der Waals surface area contributed by atoms with Crippen LogP contribution in [-0.2, 0) is 16.8 Å². The molecular weight excluding hydrogens is 232 g/mol. The largest absolute Gasteiger partial charge is 0.380 e. The molecule has 2 aromatic rings. The first-order chi connectivity index (χ1) is 9.04. The molecule has 2 rings (SSSR count). The smallest absolute Gasteiger partial charge is 0.0713 e. The van der Waals surface area contributed by atoms with Crippen molar-refractivity contribution in [2.24, 2.45) is 0 Å². The Bertz CT molecular complexity index is 521. The summed E-state index contributed by atoms with van der Waals surface area (Å²) in [6, 6.07) is 17.5. The minimum atomic E-state index is 0.0271. The summed E-state index contributed by atoms with van der Waals surface area (Å²) >= 11 is 0. The lowest BCUT2D eigenvalue weighted by atomic mass is 9.78. The molecule has 0 heterocycles. The average molecular weight is 254 g/mol. The predicted molar refractivity (Wildman–Crippen MR) is 80.5 cm³/mol. The Balaban J connectivity index is 2.30. The van der Waals surface area contributed by atoms with Crippen LogP contribution in [0, 0.1) is 6.92 Å². The van der Waals surface area contributed by atoms with Crippen LogP contribution in [0.3, 0.4) is 0 Å². The SMILES string of the molecule is COCc1ccc(C(C)(C)c2ccc(C)cc2)cc1. The van der Waals surface area contributed by atoms with Crippen molar-refractivity contribution >= 4 is 0 Å². The van der Waals surface area contributed by atoms with Crippen LogP contribution in [0.5, 0.6) is 0 Å². The van der Waals surface area contributed by atoms with Crippen molar-refractivity contribution in [1.82, 2.24) is 0 Å². The Morgan fingerprint density at radius 3 is 1.79 bits per heavy atom. The van der Waals surface area contributed by atoms with Crippen molar-refractivity contribution in [3.63, 3.8) is 0 Å². The second-order valence-electron chi connectivity index (χ2n) is 5.62. The van der Waals surface area contributed by atoms with E-state index in [4.69, 9.17) is 4.74 Å². The molecule has 0 spiro atoms. The predicted octanol–water partition coefficient (Wildman–Crippen LogP) is 4.47. The molecule has 0 fully saturated rings.